The highest BCUT2D eigenvalue weighted by atomic mass is 19.1. The van der Waals surface area contributed by atoms with Crippen LogP contribution in [0.2, 0.25) is 0 Å². The maximum absolute atomic E-state index is 13.2. The van der Waals surface area contributed by atoms with Crippen LogP contribution in [0.25, 0.3) is 0 Å². The first-order valence-corrected chi connectivity index (χ1v) is 9.98. The molecule has 1 unspecified atom stereocenters. The van der Waals surface area contributed by atoms with E-state index in [4.69, 9.17) is 4.74 Å². The molecule has 31 heavy (non-hydrogen) atoms. The number of ether oxygens (including phenoxy) is 1. The Morgan fingerprint density at radius 2 is 1.90 bits per heavy atom. The second kappa shape index (κ2) is 11.0. The first-order valence-electron chi connectivity index (χ1n) is 9.98. The second-order valence-corrected chi connectivity index (χ2v) is 6.71. The van der Waals surface area contributed by atoms with Gasteiger partial charge in [-0.15, -0.1) is 0 Å². The Bertz CT molecular complexity index is 985. The van der Waals surface area contributed by atoms with E-state index < -0.39 is 0 Å². The van der Waals surface area contributed by atoms with Crippen molar-refractivity contribution >= 4 is 23.4 Å². The molecule has 0 saturated heterocycles. The van der Waals surface area contributed by atoms with Gasteiger partial charge in [-0.05, 0) is 43.7 Å². The summed E-state index contributed by atoms with van der Waals surface area (Å²) in [7, 11) is 0. The lowest BCUT2D eigenvalue weighted by atomic mass is 10.1. The number of benzene rings is 1. The van der Waals surface area contributed by atoms with Gasteiger partial charge < -0.3 is 20.7 Å². The molecule has 0 bridgehead atoms. The number of hydrogen-bond acceptors (Lipinski definition) is 7. The molecular weight excluding hydrogens is 399 g/mol. The molecule has 9 heteroatoms. The van der Waals surface area contributed by atoms with Crippen molar-refractivity contribution in [2.24, 2.45) is 0 Å². The molecule has 0 saturated carbocycles. The molecular formula is C22H25FN6O2. The minimum atomic E-state index is -0.296. The Morgan fingerprint density at radius 3 is 2.61 bits per heavy atom. The van der Waals surface area contributed by atoms with Gasteiger partial charge in [0.1, 0.15) is 23.3 Å². The number of nitrogens with zero attached hydrogens (tertiary/aromatic N) is 3. The zero-order valence-corrected chi connectivity index (χ0v) is 17.4. The maximum Gasteiger partial charge on any atom is 0.251 e. The molecule has 1 atom stereocenters. The average molecular weight is 424 g/mol. The van der Waals surface area contributed by atoms with Crippen molar-refractivity contribution in [2.45, 2.75) is 19.9 Å². The van der Waals surface area contributed by atoms with Gasteiger partial charge in [0, 0.05) is 37.2 Å². The molecule has 8 nitrogen and oxygen atoms in total. The highest BCUT2D eigenvalue weighted by Gasteiger charge is 2.13. The summed E-state index contributed by atoms with van der Waals surface area (Å²) in [6.45, 7) is 5.25. The lowest BCUT2D eigenvalue weighted by Gasteiger charge is -2.17. The summed E-state index contributed by atoms with van der Waals surface area (Å²) in [5, 5.41) is 9.15. The monoisotopic (exact) mass is 424 g/mol. The lowest BCUT2D eigenvalue weighted by molar-refractivity contribution is 0.0922. The molecule has 0 radical (unpaired) electrons. The van der Waals surface area contributed by atoms with Gasteiger partial charge in [0.25, 0.3) is 5.91 Å². The van der Waals surface area contributed by atoms with Gasteiger partial charge in [-0.25, -0.2) is 14.4 Å². The molecule has 0 aliphatic carbocycles. The van der Waals surface area contributed by atoms with Crippen molar-refractivity contribution < 1.29 is 13.9 Å². The highest BCUT2D eigenvalue weighted by Crippen LogP contribution is 2.22. The predicted octanol–water partition coefficient (Wildman–Crippen LogP) is 3.69. The van der Waals surface area contributed by atoms with Crippen molar-refractivity contribution in [3.63, 3.8) is 0 Å². The van der Waals surface area contributed by atoms with E-state index in [2.05, 4.69) is 30.9 Å². The van der Waals surface area contributed by atoms with Gasteiger partial charge in [-0.2, -0.15) is 0 Å². The first-order chi connectivity index (χ1) is 15.0. The Labute approximate surface area is 180 Å². The van der Waals surface area contributed by atoms with Gasteiger partial charge >= 0.3 is 0 Å². The van der Waals surface area contributed by atoms with Crippen LogP contribution in [-0.2, 0) is 4.74 Å². The van der Waals surface area contributed by atoms with E-state index in [1.807, 2.05) is 13.8 Å². The number of rotatable bonds is 10. The molecule has 1 amide bonds. The molecule has 0 fully saturated rings. The smallest absolute Gasteiger partial charge is 0.251 e. The predicted molar refractivity (Wildman–Crippen MR) is 117 cm³/mol. The van der Waals surface area contributed by atoms with Crippen molar-refractivity contribution in [3.05, 3.63) is 71.9 Å². The standard InChI is InChI=1S/C22H25FN6O2/c1-3-31-11-10-26-22(30)17-12-19(27-15(2)16-4-6-18(23)7-5-16)28-20(13-17)29-21-14-24-8-9-25-21/h4-9,12-15H,3,10-11H2,1-2H3,(H,26,30)(H2,25,27,28,29). The Morgan fingerprint density at radius 1 is 1.13 bits per heavy atom. The number of halogens is 1. The van der Waals surface area contributed by atoms with Crippen LogP contribution >= 0.6 is 0 Å². The van der Waals surface area contributed by atoms with Crippen LogP contribution in [0.4, 0.5) is 21.8 Å². The molecule has 2 heterocycles. The van der Waals surface area contributed by atoms with Gasteiger partial charge in [0.05, 0.1) is 12.8 Å². The normalized spacial score (nSPS) is 11.6. The Balaban J connectivity index is 1.81. The van der Waals surface area contributed by atoms with Crippen LogP contribution in [0.1, 0.15) is 35.8 Å². The summed E-state index contributed by atoms with van der Waals surface area (Å²) < 4.78 is 18.5. The molecule has 0 spiro atoms. The molecule has 162 valence electrons. The van der Waals surface area contributed by atoms with Gasteiger partial charge in [-0.3, -0.25) is 9.78 Å². The van der Waals surface area contributed by atoms with Crippen molar-refractivity contribution in [3.8, 4) is 0 Å². The van der Waals surface area contributed by atoms with Crippen LogP contribution in [0.15, 0.2) is 55.0 Å². The van der Waals surface area contributed by atoms with Crippen molar-refractivity contribution in [2.75, 3.05) is 30.4 Å². The summed E-state index contributed by atoms with van der Waals surface area (Å²) >= 11 is 0. The zero-order valence-electron chi connectivity index (χ0n) is 17.4. The van der Waals surface area contributed by atoms with Gasteiger partial charge in [-0.1, -0.05) is 12.1 Å². The molecule has 0 aliphatic heterocycles. The molecule has 2 aromatic heterocycles. The molecule has 3 aromatic rings. The fourth-order valence-electron chi connectivity index (χ4n) is 2.83. The van der Waals surface area contributed by atoms with E-state index in [9.17, 15) is 9.18 Å². The van der Waals surface area contributed by atoms with Crippen LogP contribution in [0, 0.1) is 5.82 Å². The summed E-state index contributed by atoms with van der Waals surface area (Å²) in [4.78, 5) is 25.4. The number of amides is 1. The fourth-order valence-corrected chi connectivity index (χ4v) is 2.83. The second-order valence-electron chi connectivity index (χ2n) is 6.71. The number of pyridine rings is 1. The average Bonchev–Trinajstić information content (AvgIpc) is 2.77. The Hall–Kier alpha value is -3.59. The number of carbonyl (C=O) groups is 1. The first kappa shape index (κ1) is 22.1. The van der Waals surface area contributed by atoms with E-state index in [0.29, 0.717) is 42.8 Å². The number of hydrogen-bond donors (Lipinski definition) is 3. The minimum absolute atomic E-state index is 0.159. The molecule has 1 aromatic carbocycles. The summed E-state index contributed by atoms with van der Waals surface area (Å²) in [6.07, 6.45) is 4.69. The van der Waals surface area contributed by atoms with Crippen LogP contribution in [-0.4, -0.2) is 40.6 Å². The van der Waals surface area contributed by atoms with Crippen LogP contribution < -0.4 is 16.0 Å². The van der Waals surface area contributed by atoms with Crippen molar-refractivity contribution in [1.29, 1.82) is 0 Å². The zero-order chi connectivity index (χ0) is 22.1. The van der Waals surface area contributed by atoms with Gasteiger partial charge in [0.2, 0.25) is 0 Å². The quantitative estimate of drug-likeness (QED) is 0.427. The SMILES string of the molecule is CCOCCNC(=O)c1cc(Nc2cnccn2)nc(NC(C)c2ccc(F)cc2)c1. The van der Waals surface area contributed by atoms with E-state index in [0.717, 1.165) is 5.56 Å². The topological polar surface area (TPSA) is 101 Å². The molecule has 0 aliphatic rings. The van der Waals surface area contributed by atoms with E-state index in [-0.39, 0.29) is 17.8 Å². The van der Waals surface area contributed by atoms with Crippen molar-refractivity contribution in [1.82, 2.24) is 20.3 Å². The van der Waals surface area contributed by atoms with Crippen LogP contribution in [0.3, 0.4) is 0 Å². The third-order valence-corrected chi connectivity index (χ3v) is 4.38. The third-order valence-electron chi connectivity index (χ3n) is 4.38. The van der Waals surface area contributed by atoms with Crippen LogP contribution in [0.5, 0.6) is 0 Å². The van der Waals surface area contributed by atoms with Gasteiger partial charge in [0.15, 0.2) is 0 Å². The number of nitrogens with one attached hydrogen (secondary N) is 3. The minimum Gasteiger partial charge on any atom is -0.380 e. The number of carbonyl (C=O) groups excluding carboxylic acids is 1. The number of aromatic nitrogens is 3. The van der Waals surface area contributed by atoms with E-state index >= 15 is 0 Å². The summed E-state index contributed by atoms with van der Waals surface area (Å²) in [5.41, 5.74) is 1.31. The van der Waals surface area contributed by atoms with E-state index in [1.165, 1.54) is 12.1 Å². The largest absolute Gasteiger partial charge is 0.380 e. The molecule has 3 N–H and O–H groups in total. The molecule has 3 rings (SSSR count). The highest BCUT2D eigenvalue weighted by molar-refractivity contribution is 5.95. The maximum atomic E-state index is 13.2. The Kier molecular flexibility index (Phi) is 7.83. The summed E-state index contributed by atoms with van der Waals surface area (Å²) in [6, 6.07) is 9.37. The van der Waals surface area contributed by atoms with E-state index in [1.54, 1.807) is 42.9 Å². The summed E-state index contributed by atoms with van der Waals surface area (Å²) in [5.74, 6) is 0.880. The fraction of sp³-hybridized carbons (Fsp3) is 0.273. The third kappa shape index (κ3) is 6.71. The lowest BCUT2D eigenvalue weighted by Crippen LogP contribution is -2.27. The number of anilines is 3.